The standard InChI is InChI=1S/C21H20O11/c22-7-16-17(27)18(28)19(29)21(32-16)31-15-6-10-12(25)4-9(23)5-14(10)30-20(15)8-1-2-11(24)13(26)3-8/h1-6,16-19,21-22,27-29H,7H2,(H3-,23,24,25,26)/p+1/t16-,17+,18+,19+,21-/m1/s1. The van der Waals surface area contributed by atoms with Crippen molar-refractivity contribution in [2.75, 3.05) is 6.61 Å². The summed E-state index contributed by atoms with van der Waals surface area (Å²) in [6, 6.07) is 7.37. The van der Waals surface area contributed by atoms with Crippen LogP contribution in [0, 0.1) is 0 Å². The first-order valence-corrected chi connectivity index (χ1v) is 9.52. The molecule has 0 bridgehead atoms. The Morgan fingerprint density at radius 2 is 1.59 bits per heavy atom. The normalized spacial score (nSPS) is 25.7. The Balaban J connectivity index is 1.84. The maximum Gasteiger partial charge on any atom is 0.402 e. The van der Waals surface area contributed by atoms with E-state index in [0.717, 1.165) is 6.07 Å². The summed E-state index contributed by atoms with van der Waals surface area (Å²) in [4.78, 5) is 0. The zero-order valence-electron chi connectivity index (χ0n) is 16.4. The van der Waals surface area contributed by atoms with Gasteiger partial charge in [0.15, 0.2) is 11.5 Å². The number of rotatable bonds is 4. The molecule has 1 aliphatic heterocycles. The van der Waals surface area contributed by atoms with Crippen LogP contribution >= 0.6 is 0 Å². The number of aliphatic hydroxyl groups excluding tert-OH is 4. The number of phenols is 4. The predicted molar refractivity (Wildman–Crippen MR) is 107 cm³/mol. The van der Waals surface area contributed by atoms with Crippen LogP contribution in [0.15, 0.2) is 40.8 Å². The highest BCUT2D eigenvalue weighted by Gasteiger charge is 2.45. The van der Waals surface area contributed by atoms with Gasteiger partial charge < -0.3 is 50.3 Å². The molecule has 0 spiro atoms. The fraction of sp³-hybridized carbons (Fsp3) is 0.286. The van der Waals surface area contributed by atoms with Crippen LogP contribution in [0.2, 0.25) is 0 Å². The molecule has 0 radical (unpaired) electrons. The molecule has 8 N–H and O–H groups in total. The first-order chi connectivity index (χ1) is 15.2. The van der Waals surface area contributed by atoms with Gasteiger partial charge in [-0.2, -0.15) is 0 Å². The van der Waals surface area contributed by atoms with E-state index in [1.54, 1.807) is 0 Å². The van der Waals surface area contributed by atoms with Gasteiger partial charge in [0.05, 0.1) is 18.2 Å². The molecule has 3 aromatic rings. The van der Waals surface area contributed by atoms with Crippen LogP contribution in [-0.2, 0) is 4.74 Å². The fourth-order valence-corrected chi connectivity index (χ4v) is 3.43. The monoisotopic (exact) mass is 449 g/mol. The van der Waals surface area contributed by atoms with Crippen molar-refractivity contribution in [2.24, 2.45) is 0 Å². The van der Waals surface area contributed by atoms with Gasteiger partial charge >= 0.3 is 11.3 Å². The van der Waals surface area contributed by atoms with Gasteiger partial charge in [0.1, 0.15) is 41.3 Å². The van der Waals surface area contributed by atoms with Gasteiger partial charge in [0.25, 0.3) is 0 Å². The lowest BCUT2D eigenvalue weighted by molar-refractivity contribution is -0.277. The van der Waals surface area contributed by atoms with Crippen molar-refractivity contribution in [3.8, 4) is 40.1 Å². The Kier molecular flexibility index (Phi) is 5.67. The summed E-state index contributed by atoms with van der Waals surface area (Å²) in [5, 5.41) is 79.2. The van der Waals surface area contributed by atoms with E-state index in [1.807, 2.05) is 0 Å². The quantitative estimate of drug-likeness (QED) is 0.203. The van der Waals surface area contributed by atoms with Crippen LogP contribution < -0.4 is 4.74 Å². The molecule has 2 heterocycles. The van der Waals surface area contributed by atoms with E-state index in [2.05, 4.69) is 0 Å². The van der Waals surface area contributed by atoms with Crippen molar-refractivity contribution in [1.82, 2.24) is 0 Å². The van der Waals surface area contributed by atoms with Crippen molar-refractivity contribution < 1.29 is 54.7 Å². The van der Waals surface area contributed by atoms with Gasteiger partial charge in [-0.25, -0.2) is 4.42 Å². The van der Waals surface area contributed by atoms with Gasteiger partial charge in [-0.15, -0.1) is 0 Å². The summed E-state index contributed by atoms with van der Waals surface area (Å²) in [5.74, 6) is -1.64. The first kappa shape index (κ1) is 21.9. The number of aromatic hydroxyl groups is 4. The third kappa shape index (κ3) is 3.83. The number of benzene rings is 2. The largest absolute Gasteiger partial charge is 0.507 e. The number of ether oxygens (including phenoxy) is 2. The second kappa shape index (κ2) is 8.30. The maximum atomic E-state index is 10.3. The van der Waals surface area contributed by atoms with Crippen LogP contribution in [-0.4, -0.2) is 78.2 Å². The molecule has 32 heavy (non-hydrogen) atoms. The summed E-state index contributed by atoms with van der Waals surface area (Å²) in [7, 11) is 0. The summed E-state index contributed by atoms with van der Waals surface area (Å²) in [5.41, 5.74) is 0.260. The second-order valence-corrected chi connectivity index (χ2v) is 7.34. The van der Waals surface area contributed by atoms with Gasteiger partial charge in [-0.1, -0.05) is 0 Å². The van der Waals surface area contributed by atoms with Crippen molar-refractivity contribution in [3.63, 3.8) is 0 Å². The molecule has 0 amide bonds. The van der Waals surface area contributed by atoms with Gasteiger partial charge in [-0.3, -0.25) is 0 Å². The van der Waals surface area contributed by atoms with E-state index in [-0.39, 0.29) is 45.3 Å². The highest BCUT2D eigenvalue weighted by molar-refractivity contribution is 5.88. The molecule has 1 aromatic heterocycles. The molecular formula is C21H21O11+. The Labute approximate surface area is 180 Å². The van der Waals surface area contributed by atoms with Gasteiger partial charge in [0.2, 0.25) is 12.0 Å². The summed E-state index contributed by atoms with van der Waals surface area (Å²) in [6.45, 7) is -0.661. The van der Waals surface area contributed by atoms with Gasteiger partial charge in [-0.05, 0) is 12.1 Å². The van der Waals surface area contributed by atoms with Crippen LogP contribution in [0.4, 0.5) is 0 Å². The minimum atomic E-state index is -1.71. The molecule has 1 fully saturated rings. The number of phenolic OH excluding ortho intramolecular Hbond substituents is 4. The van der Waals surface area contributed by atoms with Crippen molar-refractivity contribution in [1.29, 1.82) is 0 Å². The number of hydrogen-bond acceptors (Lipinski definition) is 10. The average Bonchev–Trinajstić information content (AvgIpc) is 2.76. The fourth-order valence-electron chi connectivity index (χ4n) is 3.43. The zero-order chi connectivity index (χ0) is 23.2. The molecule has 170 valence electrons. The molecule has 2 aromatic carbocycles. The molecule has 1 saturated heterocycles. The third-order valence-electron chi connectivity index (χ3n) is 5.15. The van der Waals surface area contributed by atoms with Crippen molar-refractivity contribution in [3.05, 3.63) is 36.4 Å². The van der Waals surface area contributed by atoms with Crippen molar-refractivity contribution >= 4 is 11.0 Å². The van der Waals surface area contributed by atoms with E-state index < -0.39 is 43.1 Å². The molecule has 11 heteroatoms. The molecule has 0 unspecified atom stereocenters. The van der Waals surface area contributed by atoms with Crippen LogP contribution in [0.5, 0.6) is 28.7 Å². The Morgan fingerprint density at radius 1 is 0.844 bits per heavy atom. The zero-order valence-corrected chi connectivity index (χ0v) is 16.4. The van der Waals surface area contributed by atoms with E-state index in [9.17, 15) is 40.9 Å². The first-order valence-electron chi connectivity index (χ1n) is 9.52. The Bertz CT molecular complexity index is 1150. The maximum absolute atomic E-state index is 10.3. The topological polar surface area (TPSA) is 192 Å². The number of hydrogen-bond donors (Lipinski definition) is 8. The second-order valence-electron chi connectivity index (χ2n) is 7.34. The van der Waals surface area contributed by atoms with E-state index in [4.69, 9.17) is 13.9 Å². The van der Waals surface area contributed by atoms with Gasteiger partial charge in [0, 0.05) is 18.2 Å². The van der Waals surface area contributed by atoms with Crippen LogP contribution in [0.25, 0.3) is 22.3 Å². The van der Waals surface area contributed by atoms with Crippen LogP contribution in [0.3, 0.4) is 0 Å². The molecular weight excluding hydrogens is 428 g/mol. The highest BCUT2D eigenvalue weighted by Crippen LogP contribution is 2.42. The summed E-state index contributed by atoms with van der Waals surface area (Å²) in [6.07, 6.45) is -7.76. The molecule has 1 aliphatic rings. The molecule has 5 atom stereocenters. The molecule has 11 nitrogen and oxygen atoms in total. The number of aliphatic hydroxyl groups is 4. The summed E-state index contributed by atoms with van der Waals surface area (Å²) < 4.78 is 16.8. The summed E-state index contributed by atoms with van der Waals surface area (Å²) >= 11 is 0. The Hall–Kier alpha value is -3.35. The number of fused-ring (bicyclic) bond motifs is 1. The van der Waals surface area contributed by atoms with Crippen molar-refractivity contribution in [2.45, 2.75) is 30.7 Å². The highest BCUT2D eigenvalue weighted by atomic mass is 16.7. The van der Waals surface area contributed by atoms with Crippen LogP contribution in [0.1, 0.15) is 0 Å². The molecule has 4 rings (SSSR count). The van der Waals surface area contributed by atoms with E-state index in [0.29, 0.717) is 0 Å². The predicted octanol–water partition coefficient (Wildman–Crippen LogP) is 0.382. The lowest BCUT2D eigenvalue weighted by atomic mass is 9.99. The smallest absolute Gasteiger partial charge is 0.402 e. The minimum absolute atomic E-state index is 0.0465. The minimum Gasteiger partial charge on any atom is -0.507 e. The molecule has 0 aliphatic carbocycles. The lowest BCUT2D eigenvalue weighted by Crippen LogP contribution is -2.60. The molecule has 0 saturated carbocycles. The Morgan fingerprint density at radius 3 is 2.28 bits per heavy atom. The van der Waals surface area contributed by atoms with E-state index in [1.165, 1.54) is 30.3 Å². The SMILES string of the molecule is OC[C@H]1O[C@@H](Oc2cc3c(O)cc(O)cc3[o+]c2-c2ccc(O)c(O)c2)[C@@H](O)[C@@H](O)[C@H]1O. The van der Waals surface area contributed by atoms with E-state index >= 15 is 0 Å². The third-order valence-corrected chi connectivity index (χ3v) is 5.15. The average molecular weight is 449 g/mol. The lowest BCUT2D eigenvalue weighted by Gasteiger charge is -2.39.